The standard InChI is InChI=1S/C25H24F2N6O2/c1-25(26,27)21-9-19(13-30-24(21)35-3)32-23(34)8-16-4-6-17(7-5-16)18-11-28-22(29-12-18)10-20-14-33(2)15-31-20/h4-7,9,11-15H,8,10H2,1-3H3,(H,32,34). The van der Waals surface area contributed by atoms with Crippen molar-refractivity contribution in [3.05, 3.63) is 84.1 Å². The number of benzene rings is 1. The van der Waals surface area contributed by atoms with Gasteiger partial charge in [-0.15, -0.1) is 0 Å². The third kappa shape index (κ3) is 6.03. The van der Waals surface area contributed by atoms with Crippen LogP contribution in [0.25, 0.3) is 11.1 Å². The normalized spacial score (nSPS) is 11.3. The van der Waals surface area contributed by atoms with Gasteiger partial charge in [0.05, 0.1) is 49.4 Å². The lowest BCUT2D eigenvalue weighted by Gasteiger charge is -2.15. The number of nitrogens with zero attached hydrogens (tertiary/aromatic N) is 5. The highest BCUT2D eigenvalue weighted by atomic mass is 19.3. The quantitative estimate of drug-likeness (QED) is 0.409. The number of aryl methyl sites for hydroxylation is 1. The Labute approximate surface area is 201 Å². The number of hydrogen-bond donors (Lipinski definition) is 1. The van der Waals surface area contributed by atoms with E-state index in [0.717, 1.165) is 29.3 Å². The van der Waals surface area contributed by atoms with Crippen molar-refractivity contribution in [3.8, 4) is 17.0 Å². The highest BCUT2D eigenvalue weighted by Gasteiger charge is 2.30. The van der Waals surface area contributed by atoms with Crippen LogP contribution in [0.2, 0.25) is 0 Å². The molecule has 4 aromatic rings. The van der Waals surface area contributed by atoms with E-state index >= 15 is 0 Å². The minimum Gasteiger partial charge on any atom is -0.481 e. The largest absolute Gasteiger partial charge is 0.481 e. The van der Waals surface area contributed by atoms with Crippen LogP contribution in [-0.4, -0.2) is 37.5 Å². The number of alkyl halides is 2. The number of carbonyl (C=O) groups excluding carboxylic acids is 1. The molecule has 0 spiro atoms. The first-order valence-electron chi connectivity index (χ1n) is 10.8. The molecule has 0 bridgehead atoms. The lowest BCUT2D eigenvalue weighted by Crippen LogP contribution is -2.16. The number of aromatic nitrogens is 5. The fourth-order valence-corrected chi connectivity index (χ4v) is 3.52. The monoisotopic (exact) mass is 478 g/mol. The Hall–Kier alpha value is -4.21. The van der Waals surface area contributed by atoms with E-state index in [4.69, 9.17) is 4.74 Å². The summed E-state index contributed by atoms with van der Waals surface area (Å²) >= 11 is 0. The van der Waals surface area contributed by atoms with Crippen LogP contribution in [0.1, 0.15) is 29.6 Å². The van der Waals surface area contributed by atoms with E-state index in [-0.39, 0.29) is 23.9 Å². The number of ether oxygens (including phenoxy) is 1. The number of anilines is 1. The molecule has 0 saturated carbocycles. The summed E-state index contributed by atoms with van der Waals surface area (Å²) < 4.78 is 34.4. The molecule has 3 aromatic heterocycles. The first kappa shape index (κ1) is 23.9. The minimum absolute atomic E-state index is 0.0731. The molecule has 8 nitrogen and oxygen atoms in total. The van der Waals surface area contributed by atoms with Gasteiger partial charge in [-0.2, -0.15) is 0 Å². The molecule has 35 heavy (non-hydrogen) atoms. The zero-order valence-corrected chi connectivity index (χ0v) is 19.5. The van der Waals surface area contributed by atoms with E-state index in [1.165, 1.54) is 19.4 Å². The van der Waals surface area contributed by atoms with E-state index in [9.17, 15) is 13.6 Å². The third-order valence-electron chi connectivity index (χ3n) is 5.26. The summed E-state index contributed by atoms with van der Waals surface area (Å²) in [5, 5.41) is 2.61. The van der Waals surface area contributed by atoms with Crippen molar-refractivity contribution in [2.45, 2.75) is 25.7 Å². The molecule has 0 saturated heterocycles. The van der Waals surface area contributed by atoms with Crippen LogP contribution in [0, 0.1) is 0 Å². The van der Waals surface area contributed by atoms with E-state index in [2.05, 4.69) is 25.3 Å². The van der Waals surface area contributed by atoms with Crippen molar-refractivity contribution in [1.29, 1.82) is 0 Å². The molecule has 0 radical (unpaired) electrons. The van der Waals surface area contributed by atoms with Gasteiger partial charge in [-0.1, -0.05) is 24.3 Å². The minimum atomic E-state index is -3.16. The second-order valence-corrected chi connectivity index (χ2v) is 8.19. The molecular weight excluding hydrogens is 454 g/mol. The van der Waals surface area contributed by atoms with Gasteiger partial charge in [-0.25, -0.2) is 28.7 Å². The summed E-state index contributed by atoms with van der Waals surface area (Å²) in [5.74, 6) is -3.01. The van der Waals surface area contributed by atoms with E-state index < -0.39 is 11.5 Å². The Morgan fingerprint density at radius 1 is 1.06 bits per heavy atom. The highest BCUT2D eigenvalue weighted by molar-refractivity contribution is 5.92. The average Bonchev–Trinajstić information content (AvgIpc) is 3.24. The Balaban J connectivity index is 1.38. The molecule has 0 atom stereocenters. The predicted octanol–water partition coefficient (Wildman–Crippen LogP) is 4.16. The molecule has 0 unspecified atom stereocenters. The number of halogens is 2. The number of methoxy groups -OCH3 is 1. The number of amides is 1. The molecule has 180 valence electrons. The van der Waals surface area contributed by atoms with E-state index in [1.807, 2.05) is 42.1 Å². The molecule has 0 aliphatic heterocycles. The Kier molecular flexibility index (Phi) is 6.81. The molecule has 4 rings (SSSR count). The average molecular weight is 479 g/mol. The van der Waals surface area contributed by atoms with Gasteiger partial charge in [-0.05, 0) is 17.2 Å². The maximum atomic E-state index is 13.8. The Morgan fingerprint density at radius 2 is 1.77 bits per heavy atom. The summed E-state index contributed by atoms with van der Waals surface area (Å²) in [4.78, 5) is 29.4. The zero-order valence-electron chi connectivity index (χ0n) is 19.5. The number of hydrogen-bond acceptors (Lipinski definition) is 6. The van der Waals surface area contributed by atoms with Crippen LogP contribution in [0.4, 0.5) is 14.5 Å². The van der Waals surface area contributed by atoms with Crippen LogP contribution in [0.5, 0.6) is 5.88 Å². The van der Waals surface area contributed by atoms with Crippen LogP contribution in [0.3, 0.4) is 0 Å². The summed E-state index contributed by atoms with van der Waals surface area (Å²) in [6, 6.07) is 8.59. The highest BCUT2D eigenvalue weighted by Crippen LogP contribution is 2.34. The predicted molar refractivity (Wildman–Crippen MR) is 126 cm³/mol. The molecule has 0 aliphatic carbocycles. The van der Waals surface area contributed by atoms with Crippen molar-refractivity contribution in [1.82, 2.24) is 24.5 Å². The molecule has 1 aromatic carbocycles. The van der Waals surface area contributed by atoms with Crippen LogP contribution in [-0.2, 0) is 30.6 Å². The number of nitrogens with one attached hydrogen (secondary N) is 1. The first-order valence-corrected chi connectivity index (χ1v) is 10.8. The van der Waals surface area contributed by atoms with Gasteiger partial charge in [0.2, 0.25) is 11.8 Å². The second kappa shape index (κ2) is 9.96. The van der Waals surface area contributed by atoms with Crippen molar-refractivity contribution < 1.29 is 18.3 Å². The lowest BCUT2D eigenvalue weighted by molar-refractivity contribution is -0.115. The van der Waals surface area contributed by atoms with Crippen molar-refractivity contribution >= 4 is 11.6 Å². The fourth-order valence-electron chi connectivity index (χ4n) is 3.52. The maximum Gasteiger partial charge on any atom is 0.275 e. The molecule has 3 heterocycles. The summed E-state index contributed by atoms with van der Waals surface area (Å²) in [6.45, 7) is 0.749. The van der Waals surface area contributed by atoms with Crippen LogP contribution < -0.4 is 10.1 Å². The van der Waals surface area contributed by atoms with E-state index in [0.29, 0.717) is 12.2 Å². The molecule has 10 heteroatoms. The topological polar surface area (TPSA) is 94.8 Å². The first-order chi connectivity index (χ1) is 16.7. The summed E-state index contributed by atoms with van der Waals surface area (Å²) in [6.07, 6.45) is 9.08. The van der Waals surface area contributed by atoms with Gasteiger partial charge >= 0.3 is 0 Å². The summed E-state index contributed by atoms with van der Waals surface area (Å²) in [5.41, 5.74) is 3.20. The molecule has 0 fully saturated rings. The van der Waals surface area contributed by atoms with Crippen molar-refractivity contribution in [2.75, 3.05) is 12.4 Å². The Bertz CT molecular complexity index is 1320. The number of carbonyl (C=O) groups is 1. The number of rotatable bonds is 8. The zero-order chi connectivity index (χ0) is 25.0. The van der Waals surface area contributed by atoms with Crippen LogP contribution in [0.15, 0.2) is 61.4 Å². The van der Waals surface area contributed by atoms with Gasteiger partial charge in [-0.3, -0.25) is 4.79 Å². The molecular formula is C25H24F2N6O2. The molecule has 0 aliphatic rings. The van der Waals surface area contributed by atoms with Gasteiger partial charge < -0.3 is 14.6 Å². The lowest BCUT2D eigenvalue weighted by atomic mass is 10.0. The van der Waals surface area contributed by atoms with Crippen molar-refractivity contribution in [2.24, 2.45) is 7.05 Å². The van der Waals surface area contributed by atoms with E-state index in [1.54, 1.807) is 18.7 Å². The van der Waals surface area contributed by atoms with Gasteiger partial charge in [0.1, 0.15) is 5.82 Å². The Morgan fingerprint density at radius 3 is 2.37 bits per heavy atom. The number of imidazole rings is 1. The maximum absolute atomic E-state index is 13.8. The summed E-state index contributed by atoms with van der Waals surface area (Å²) in [7, 11) is 3.18. The molecule has 1 amide bonds. The fraction of sp³-hybridized carbons (Fsp3) is 0.240. The molecule has 1 N–H and O–H groups in total. The van der Waals surface area contributed by atoms with Crippen molar-refractivity contribution in [3.63, 3.8) is 0 Å². The van der Waals surface area contributed by atoms with Gasteiger partial charge in [0.25, 0.3) is 5.92 Å². The third-order valence-corrected chi connectivity index (χ3v) is 5.26. The SMILES string of the molecule is COc1ncc(NC(=O)Cc2ccc(-c3cnc(Cc4cn(C)cn4)nc3)cc2)cc1C(C)(F)F. The second-order valence-electron chi connectivity index (χ2n) is 8.19. The van der Waals surface area contributed by atoms with Crippen LogP contribution >= 0.6 is 0 Å². The smallest absolute Gasteiger partial charge is 0.275 e. The number of pyridine rings is 1. The van der Waals surface area contributed by atoms with Gasteiger partial charge in [0.15, 0.2) is 0 Å². The van der Waals surface area contributed by atoms with Gasteiger partial charge in [0, 0.05) is 38.1 Å².